The van der Waals surface area contributed by atoms with Crippen molar-refractivity contribution in [2.45, 2.75) is 45.8 Å². The summed E-state index contributed by atoms with van der Waals surface area (Å²) >= 11 is 0. The number of carbonyl (C=O) groups is 1. The highest BCUT2D eigenvalue weighted by molar-refractivity contribution is 5.81. The van der Waals surface area contributed by atoms with Gasteiger partial charge in [0.05, 0.1) is 0 Å². The van der Waals surface area contributed by atoms with Crippen LogP contribution in [0.25, 0.3) is 0 Å². The average Bonchev–Trinajstić information content (AvgIpc) is 2.36. The van der Waals surface area contributed by atoms with Gasteiger partial charge >= 0.3 is 0 Å². The highest BCUT2D eigenvalue weighted by Gasteiger charge is 2.19. The van der Waals surface area contributed by atoms with E-state index in [0.29, 0.717) is 6.42 Å². The molecule has 2 unspecified atom stereocenters. The SMILES string of the molecule is CCC(C)NC(=O)C(CC)Oc1ccccc1. The van der Waals surface area contributed by atoms with E-state index in [0.717, 1.165) is 12.2 Å². The number of hydrogen-bond acceptors (Lipinski definition) is 2. The molecule has 1 rings (SSSR count). The average molecular weight is 235 g/mol. The van der Waals surface area contributed by atoms with E-state index < -0.39 is 6.10 Å². The quantitative estimate of drug-likeness (QED) is 0.823. The van der Waals surface area contributed by atoms with Crippen molar-refractivity contribution >= 4 is 5.91 Å². The van der Waals surface area contributed by atoms with Crippen molar-refractivity contribution in [2.24, 2.45) is 0 Å². The lowest BCUT2D eigenvalue weighted by Crippen LogP contribution is -2.42. The van der Waals surface area contributed by atoms with E-state index in [2.05, 4.69) is 5.32 Å². The lowest BCUT2D eigenvalue weighted by Gasteiger charge is -2.19. The molecule has 1 amide bonds. The smallest absolute Gasteiger partial charge is 0.261 e. The maximum atomic E-state index is 11.9. The molecule has 0 radical (unpaired) electrons. The highest BCUT2D eigenvalue weighted by Crippen LogP contribution is 2.12. The molecule has 1 aromatic rings. The molecule has 0 saturated heterocycles. The van der Waals surface area contributed by atoms with Crippen LogP contribution in [-0.2, 0) is 4.79 Å². The van der Waals surface area contributed by atoms with Crippen LogP contribution < -0.4 is 10.1 Å². The Labute approximate surface area is 103 Å². The number of carbonyl (C=O) groups excluding carboxylic acids is 1. The molecule has 0 aromatic heterocycles. The lowest BCUT2D eigenvalue weighted by atomic mass is 10.2. The van der Waals surface area contributed by atoms with Crippen LogP contribution in [0.2, 0.25) is 0 Å². The second-order valence-electron chi connectivity index (χ2n) is 4.15. The molecule has 0 aliphatic heterocycles. The van der Waals surface area contributed by atoms with Crippen LogP contribution in [0.15, 0.2) is 30.3 Å². The molecule has 0 heterocycles. The van der Waals surface area contributed by atoms with Crippen LogP contribution in [-0.4, -0.2) is 18.1 Å². The first kappa shape index (κ1) is 13.6. The minimum absolute atomic E-state index is 0.0364. The van der Waals surface area contributed by atoms with Gasteiger partial charge in [0, 0.05) is 6.04 Å². The zero-order chi connectivity index (χ0) is 12.7. The van der Waals surface area contributed by atoms with Crippen LogP contribution in [0.5, 0.6) is 5.75 Å². The molecule has 0 aliphatic rings. The van der Waals surface area contributed by atoms with Gasteiger partial charge in [0.1, 0.15) is 5.75 Å². The number of rotatable bonds is 6. The molecule has 0 aliphatic carbocycles. The monoisotopic (exact) mass is 235 g/mol. The van der Waals surface area contributed by atoms with Crippen molar-refractivity contribution in [3.05, 3.63) is 30.3 Å². The molecular formula is C14H21NO2. The fraction of sp³-hybridized carbons (Fsp3) is 0.500. The number of para-hydroxylation sites is 1. The molecule has 17 heavy (non-hydrogen) atoms. The summed E-state index contributed by atoms with van der Waals surface area (Å²) in [6.45, 7) is 5.99. The summed E-state index contributed by atoms with van der Waals surface area (Å²) in [6.07, 6.45) is 1.18. The third kappa shape index (κ3) is 4.47. The number of nitrogens with one attached hydrogen (secondary N) is 1. The normalized spacial score (nSPS) is 13.8. The second-order valence-corrected chi connectivity index (χ2v) is 4.15. The van der Waals surface area contributed by atoms with Crippen molar-refractivity contribution in [2.75, 3.05) is 0 Å². The minimum Gasteiger partial charge on any atom is -0.481 e. The summed E-state index contributed by atoms with van der Waals surface area (Å²) in [7, 11) is 0. The summed E-state index contributed by atoms with van der Waals surface area (Å²) in [5.41, 5.74) is 0. The Bertz CT molecular complexity index is 337. The van der Waals surface area contributed by atoms with Crippen molar-refractivity contribution in [1.82, 2.24) is 5.32 Å². The Balaban J connectivity index is 2.56. The Morgan fingerprint density at radius 3 is 2.41 bits per heavy atom. The van der Waals surface area contributed by atoms with Crippen LogP contribution in [0.3, 0.4) is 0 Å². The van der Waals surface area contributed by atoms with Crippen molar-refractivity contribution < 1.29 is 9.53 Å². The van der Waals surface area contributed by atoms with Crippen LogP contribution in [0, 0.1) is 0 Å². The molecule has 1 N–H and O–H groups in total. The number of ether oxygens (including phenoxy) is 1. The number of hydrogen-bond donors (Lipinski definition) is 1. The fourth-order valence-corrected chi connectivity index (χ4v) is 1.42. The van der Waals surface area contributed by atoms with Crippen LogP contribution in [0.4, 0.5) is 0 Å². The van der Waals surface area contributed by atoms with Gasteiger partial charge in [-0.1, -0.05) is 32.0 Å². The van der Waals surface area contributed by atoms with Gasteiger partial charge in [-0.15, -0.1) is 0 Å². The second kappa shape index (κ2) is 6.94. The first-order chi connectivity index (χ1) is 8.17. The minimum atomic E-state index is -0.411. The summed E-state index contributed by atoms with van der Waals surface area (Å²) in [6, 6.07) is 9.63. The Morgan fingerprint density at radius 2 is 1.88 bits per heavy atom. The van der Waals surface area contributed by atoms with Crippen LogP contribution in [0.1, 0.15) is 33.6 Å². The summed E-state index contributed by atoms with van der Waals surface area (Å²) in [5, 5.41) is 2.94. The van der Waals surface area contributed by atoms with Crippen molar-refractivity contribution in [3.8, 4) is 5.75 Å². The third-order valence-corrected chi connectivity index (χ3v) is 2.69. The summed E-state index contributed by atoms with van der Waals surface area (Å²) in [4.78, 5) is 11.9. The van der Waals surface area contributed by atoms with Gasteiger partial charge in [0.2, 0.25) is 0 Å². The predicted octanol–water partition coefficient (Wildman–Crippen LogP) is 2.76. The van der Waals surface area contributed by atoms with E-state index in [1.54, 1.807) is 0 Å². The van der Waals surface area contributed by atoms with Gasteiger partial charge in [-0.25, -0.2) is 0 Å². The van der Waals surface area contributed by atoms with Gasteiger partial charge in [-0.05, 0) is 31.9 Å². The highest BCUT2D eigenvalue weighted by atomic mass is 16.5. The summed E-state index contributed by atoms with van der Waals surface area (Å²) in [5.74, 6) is 0.698. The summed E-state index contributed by atoms with van der Waals surface area (Å²) < 4.78 is 5.66. The Morgan fingerprint density at radius 1 is 1.24 bits per heavy atom. The van der Waals surface area contributed by atoms with Gasteiger partial charge in [-0.2, -0.15) is 0 Å². The van der Waals surface area contributed by atoms with Crippen molar-refractivity contribution in [3.63, 3.8) is 0 Å². The fourth-order valence-electron chi connectivity index (χ4n) is 1.42. The zero-order valence-electron chi connectivity index (χ0n) is 10.8. The number of benzene rings is 1. The van der Waals surface area contributed by atoms with Crippen molar-refractivity contribution in [1.29, 1.82) is 0 Å². The zero-order valence-corrected chi connectivity index (χ0v) is 10.8. The Kier molecular flexibility index (Phi) is 5.53. The van der Waals surface area contributed by atoms with Gasteiger partial charge in [0.15, 0.2) is 6.10 Å². The van der Waals surface area contributed by atoms with Crippen LogP contribution >= 0.6 is 0 Å². The molecule has 0 fully saturated rings. The number of amides is 1. The molecule has 2 atom stereocenters. The molecule has 0 bridgehead atoms. The van der Waals surface area contributed by atoms with Gasteiger partial charge < -0.3 is 10.1 Å². The molecule has 94 valence electrons. The van der Waals surface area contributed by atoms with E-state index in [1.807, 2.05) is 51.1 Å². The molecular weight excluding hydrogens is 214 g/mol. The third-order valence-electron chi connectivity index (χ3n) is 2.69. The van der Waals surface area contributed by atoms with Gasteiger partial charge in [-0.3, -0.25) is 4.79 Å². The van der Waals surface area contributed by atoms with E-state index in [1.165, 1.54) is 0 Å². The van der Waals surface area contributed by atoms with E-state index in [9.17, 15) is 4.79 Å². The first-order valence-corrected chi connectivity index (χ1v) is 6.19. The largest absolute Gasteiger partial charge is 0.481 e. The van der Waals surface area contributed by atoms with E-state index in [4.69, 9.17) is 4.74 Å². The standard InChI is InChI=1S/C14H21NO2/c1-4-11(3)15-14(16)13(5-2)17-12-9-7-6-8-10-12/h6-11,13H,4-5H2,1-3H3,(H,15,16). The lowest BCUT2D eigenvalue weighted by molar-refractivity contribution is -0.128. The Hall–Kier alpha value is -1.51. The van der Waals surface area contributed by atoms with E-state index >= 15 is 0 Å². The van der Waals surface area contributed by atoms with E-state index in [-0.39, 0.29) is 11.9 Å². The predicted molar refractivity (Wildman–Crippen MR) is 69.0 cm³/mol. The molecule has 1 aromatic carbocycles. The topological polar surface area (TPSA) is 38.3 Å². The molecule has 3 nitrogen and oxygen atoms in total. The first-order valence-electron chi connectivity index (χ1n) is 6.19. The maximum Gasteiger partial charge on any atom is 0.261 e. The molecule has 0 saturated carbocycles. The molecule has 0 spiro atoms. The maximum absolute atomic E-state index is 11.9. The van der Waals surface area contributed by atoms with Gasteiger partial charge in [0.25, 0.3) is 5.91 Å². The molecule has 3 heteroatoms.